The second-order valence-electron chi connectivity index (χ2n) is 5.36. The van der Waals surface area contributed by atoms with E-state index in [-0.39, 0.29) is 11.9 Å². The minimum atomic E-state index is -0.630. The van der Waals surface area contributed by atoms with Crippen LogP contribution in [-0.2, 0) is 9.59 Å². The topological polar surface area (TPSA) is 94.6 Å². The van der Waals surface area contributed by atoms with Gasteiger partial charge < -0.3 is 10.2 Å². The molecular formula is C15H19ClN4O3. The molecule has 1 aromatic rings. The van der Waals surface area contributed by atoms with Gasteiger partial charge in [0.1, 0.15) is 5.82 Å². The Bertz CT molecular complexity index is 621. The molecule has 124 valence electrons. The van der Waals surface area contributed by atoms with E-state index in [0.717, 1.165) is 19.4 Å². The highest BCUT2D eigenvalue weighted by molar-refractivity contribution is 6.33. The molecule has 8 heteroatoms. The highest BCUT2D eigenvalue weighted by atomic mass is 35.5. The monoisotopic (exact) mass is 338 g/mol. The number of piperidine rings is 1. The van der Waals surface area contributed by atoms with Crippen molar-refractivity contribution in [1.82, 2.24) is 15.4 Å². The minimum absolute atomic E-state index is 0.0678. The predicted molar refractivity (Wildman–Crippen MR) is 87.1 cm³/mol. The van der Waals surface area contributed by atoms with Crippen molar-refractivity contribution in [2.45, 2.75) is 25.8 Å². The van der Waals surface area contributed by atoms with Crippen LogP contribution in [0.15, 0.2) is 18.3 Å². The van der Waals surface area contributed by atoms with Crippen LogP contribution < -0.4 is 10.8 Å². The van der Waals surface area contributed by atoms with E-state index in [0.29, 0.717) is 22.9 Å². The molecule has 23 heavy (non-hydrogen) atoms. The van der Waals surface area contributed by atoms with Gasteiger partial charge in [-0.1, -0.05) is 11.6 Å². The largest absolute Gasteiger partial charge is 0.364 e. The summed E-state index contributed by atoms with van der Waals surface area (Å²) in [4.78, 5) is 28.5. The number of rotatable bonds is 4. The van der Waals surface area contributed by atoms with Crippen molar-refractivity contribution in [3.8, 4) is 0 Å². The van der Waals surface area contributed by atoms with Gasteiger partial charge in [0, 0.05) is 38.3 Å². The Labute approximate surface area is 139 Å². The Morgan fingerprint density at radius 3 is 2.96 bits per heavy atom. The Hall–Kier alpha value is -2.12. The summed E-state index contributed by atoms with van der Waals surface area (Å²) < 4.78 is 0. The Kier molecular flexibility index (Phi) is 5.95. The SMILES string of the molecule is CC(=O)N1CCC[C@@H](Nc2ncc(/C=C/C(=O)NO)cc2Cl)C1. The number of hydroxylamine groups is 1. The second-order valence-corrected chi connectivity index (χ2v) is 5.76. The van der Waals surface area contributed by atoms with Crippen molar-refractivity contribution >= 4 is 35.3 Å². The van der Waals surface area contributed by atoms with Crippen molar-refractivity contribution in [2.24, 2.45) is 0 Å². The van der Waals surface area contributed by atoms with Crippen LogP contribution in [0.25, 0.3) is 6.08 Å². The van der Waals surface area contributed by atoms with E-state index < -0.39 is 5.91 Å². The number of aromatic nitrogens is 1. The van der Waals surface area contributed by atoms with Gasteiger partial charge in [0.2, 0.25) is 5.91 Å². The lowest BCUT2D eigenvalue weighted by Crippen LogP contribution is -2.44. The molecule has 1 aliphatic heterocycles. The fourth-order valence-electron chi connectivity index (χ4n) is 2.43. The normalized spacial score (nSPS) is 18.0. The summed E-state index contributed by atoms with van der Waals surface area (Å²) in [5.74, 6) is -0.0149. The van der Waals surface area contributed by atoms with Crippen molar-refractivity contribution in [3.05, 3.63) is 28.9 Å². The van der Waals surface area contributed by atoms with Gasteiger partial charge in [-0.25, -0.2) is 10.5 Å². The van der Waals surface area contributed by atoms with E-state index in [1.54, 1.807) is 24.1 Å². The molecule has 0 spiro atoms. The molecule has 1 fully saturated rings. The van der Waals surface area contributed by atoms with Crippen LogP contribution in [-0.4, -0.2) is 46.0 Å². The van der Waals surface area contributed by atoms with E-state index >= 15 is 0 Å². The summed E-state index contributed by atoms with van der Waals surface area (Å²) in [7, 11) is 0. The maximum Gasteiger partial charge on any atom is 0.267 e. The quantitative estimate of drug-likeness (QED) is 0.441. The van der Waals surface area contributed by atoms with Crippen LogP contribution in [0.3, 0.4) is 0 Å². The lowest BCUT2D eigenvalue weighted by atomic mass is 10.1. The lowest BCUT2D eigenvalue weighted by molar-refractivity contribution is -0.129. The number of nitrogens with zero attached hydrogens (tertiary/aromatic N) is 2. The smallest absolute Gasteiger partial charge is 0.267 e. The van der Waals surface area contributed by atoms with E-state index in [2.05, 4.69) is 10.3 Å². The summed E-state index contributed by atoms with van der Waals surface area (Å²) in [5.41, 5.74) is 2.14. The first-order valence-corrected chi connectivity index (χ1v) is 7.67. The number of halogens is 1. The fourth-order valence-corrected chi connectivity index (χ4v) is 2.66. The van der Waals surface area contributed by atoms with Gasteiger partial charge in [-0.3, -0.25) is 14.8 Å². The molecule has 2 rings (SSSR count). The minimum Gasteiger partial charge on any atom is -0.364 e. The van der Waals surface area contributed by atoms with E-state index in [4.69, 9.17) is 16.8 Å². The maximum atomic E-state index is 11.5. The molecular weight excluding hydrogens is 320 g/mol. The van der Waals surface area contributed by atoms with Crippen LogP contribution in [0.2, 0.25) is 5.02 Å². The summed E-state index contributed by atoms with van der Waals surface area (Å²) in [5, 5.41) is 12.1. The third-order valence-corrected chi connectivity index (χ3v) is 3.90. The third-order valence-electron chi connectivity index (χ3n) is 3.61. The fraction of sp³-hybridized carbons (Fsp3) is 0.400. The number of carbonyl (C=O) groups excluding carboxylic acids is 2. The number of pyridine rings is 1. The molecule has 0 aliphatic carbocycles. The van der Waals surface area contributed by atoms with Crippen molar-refractivity contribution < 1.29 is 14.8 Å². The Morgan fingerprint density at radius 2 is 2.30 bits per heavy atom. The molecule has 0 saturated carbocycles. The van der Waals surface area contributed by atoms with Gasteiger partial charge >= 0.3 is 0 Å². The zero-order valence-electron chi connectivity index (χ0n) is 12.8. The number of nitrogens with one attached hydrogen (secondary N) is 2. The maximum absolute atomic E-state index is 11.5. The van der Waals surface area contributed by atoms with Crippen LogP contribution in [0, 0.1) is 0 Å². The van der Waals surface area contributed by atoms with Gasteiger partial charge in [-0.15, -0.1) is 0 Å². The Balaban J connectivity index is 2.02. The number of carbonyl (C=O) groups is 2. The molecule has 1 atom stereocenters. The average molecular weight is 339 g/mol. The number of hydrogen-bond acceptors (Lipinski definition) is 5. The molecule has 2 amide bonds. The highest BCUT2D eigenvalue weighted by Crippen LogP contribution is 2.23. The first-order valence-electron chi connectivity index (χ1n) is 7.29. The molecule has 1 saturated heterocycles. The molecule has 0 unspecified atom stereocenters. The number of anilines is 1. The van der Waals surface area contributed by atoms with Gasteiger partial charge in [-0.2, -0.15) is 0 Å². The highest BCUT2D eigenvalue weighted by Gasteiger charge is 2.22. The summed E-state index contributed by atoms with van der Waals surface area (Å²) >= 11 is 6.21. The molecule has 2 heterocycles. The number of hydrogen-bond donors (Lipinski definition) is 3. The molecule has 0 radical (unpaired) electrons. The number of amides is 2. The summed E-state index contributed by atoms with van der Waals surface area (Å²) in [6, 6.07) is 1.78. The number of likely N-dealkylation sites (tertiary alicyclic amines) is 1. The van der Waals surface area contributed by atoms with Crippen molar-refractivity contribution in [2.75, 3.05) is 18.4 Å². The second kappa shape index (κ2) is 7.94. The molecule has 0 aromatic carbocycles. The van der Waals surface area contributed by atoms with Gasteiger partial charge in [-0.05, 0) is 30.5 Å². The average Bonchev–Trinajstić information content (AvgIpc) is 2.55. The van der Waals surface area contributed by atoms with Gasteiger partial charge in [0.25, 0.3) is 5.91 Å². The molecule has 1 aromatic heterocycles. The van der Waals surface area contributed by atoms with Crippen molar-refractivity contribution in [1.29, 1.82) is 0 Å². The molecule has 1 aliphatic rings. The summed E-state index contributed by atoms with van der Waals surface area (Å²) in [6.45, 7) is 2.98. The lowest BCUT2D eigenvalue weighted by Gasteiger charge is -2.32. The van der Waals surface area contributed by atoms with E-state index in [9.17, 15) is 9.59 Å². The third kappa shape index (κ3) is 4.94. The zero-order chi connectivity index (χ0) is 16.8. The van der Waals surface area contributed by atoms with Gasteiger partial charge in [0.05, 0.1) is 5.02 Å². The van der Waals surface area contributed by atoms with E-state index in [1.165, 1.54) is 17.6 Å². The van der Waals surface area contributed by atoms with Crippen LogP contribution in [0.4, 0.5) is 5.82 Å². The first kappa shape index (κ1) is 17.2. The molecule has 0 bridgehead atoms. The first-order chi connectivity index (χ1) is 11.0. The standard InChI is InChI=1S/C15H19ClN4O3/c1-10(21)20-6-2-3-12(9-20)18-15-13(16)7-11(8-17-15)4-5-14(22)19-23/h4-5,7-8,12,23H,2-3,6,9H2,1H3,(H,17,18)(H,19,22)/b5-4+/t12-/m1/s1. The zero-order valence-corrected chi connectivity index (χ0v) is 13.5. The Morgan fingerprint density at radius 1 is 1.52 bits per heavy atom. The van der Waals surface area contributed by atoms with Gasteiger partial charge in [0.15, 0.2) is 0 Å². The molecule has 3 N–H and O–H groups in total. The van der Waals surface area contributed by atoms with Crippen LogP contribution in [0.1, 0.15) is 25.3 Å². The van der Waals surface area contributed by atoms with Crippen LogP contribution in [0.5, 0.6) is 0 Å². The predicted octanol–water partition coefficient (Wildman–Crippen LogP) is 1.68. The van der Waals surface area contributed by atoms with Crippen molar-refractivity contribution in [3.63, 3.8) is 0 Å². The van der Waals surface area contributed by atoms with E-state index in [1.807, 2.05) is 0 Å². The summed E-state index contributed by atoms with van der Waals surface area (Å²) in [6.07, 6.45) is 6.12. The van der Waals surface area contributed by atoms with Crippen LogP contribution >= 0.6 is 11.6 Å². The molecule has 7 nitrogen and oxygen atoms in total.